The summed E-state index contributed by atoms with van der Waals surface area (Å²) in [4.78, 5) is 12.0. The highest BCUT2D eigenvalue weighted by Gasteiger charge is 2.12. The molecule has 2 nitrogen and oxygen atoms in total. The minimum absolute atomic E-state index is 0.0307. The summed E-state index contributed by atoms with van der Waals surface area (Å²) in [5, 5.41) is 2.72. The van der Waals surface area contributed by atoms with E-state index in [0.29, 0.717) is 10.2 Å². The number of carbonyl (C=O) groups is 1. The van der Waals surface area contributed by atoms with Crippen LogP contribution in [0.25, 0.3) is 0 Å². The fourth-order valence-corrected chi connectivity index (χ4v) is 2.15. The first-order valence-corrected chi connectivity index (χ1v) is 6.60. The second-order valence-electron chi connectivity index (χ2n) is 4.40. The van der Waals surface area contributed by atoms with Crippen LogP contribution in [0.5, 0.6) is 0 Å². The summed E-state index contributed by atoms with van der Waals surface area (Å²) in [6, 6.07) is 10.1. The van der Waals surface area contributed by atoms with E-state index in [0.717, 1.165) is 11.1 Å². The van der Waals surface area contributed by atoms with Gasteiger partial charge in [-0.1, -0.05) is 33.6 Å². The first kappa shape index (κ1) is 13.7. The zero-order chi connectivity index (χ0) is 14.0. The fraction of sp³-hybridized carbons (Fsp3) is 0.133. The fourth-order valence-electron chi connectivity index (χ4n) is 1.82. The average Bonchev–Trinajstić information content (AvgIpc) is 2.32. The molecule has 0 aliphatic carbocycles. The third-order valence-corrected chi connectivity index (χ3v) is 3.30. The normalized spacial score (nSPS) is 10.3. The standard InChI is InChI=1S/C15H13BrFNO/c1-9-3-6-14(10(2)7-9)18-15(19)12-5-4-11(16)8-13(12)17/h3-8H,1-2H3,(H,18,19). The van der Waals surface area contributed by atoms with Crippen molar-refractivity contribution in [1.82, 2.24) is 0 Å². The van der Waals surface area contributed by atoms with Gasteiger partial charge in [0.2, 0.25) is 0 Å². The van der Waals surface area contributed by atoms with Crippen molar-refractivity contribution in [1.29, 1.82) is 0 Å². The van der Waals surface area contributed by atoms with Crippen molar-refractivity contribution in [3.8, 4) is 0 Å². The van der Waals surface area contributed by atoms with Crippen molar-refractivity contribution >= 4 is 27.5 Å². The molecule has 0 spiro atoms. The third kappa shape index (κ3) is 3.20. The topological polar surface area (TPSA) is 29.1 Å². The number of benzene rings is 2. The summed E-state index contributed by atoms with van der Waals surface area (Å²) in [6.07, 6.45) is 0. The highest BCUT2D eigenvalue weighted by Crippen LogP contribution is 2.19. The number of hydrogen-bond acceptors (Lipinski definition) is 1. The molecule has 0 atom stereocenters. The van der Waals surface area contributed by atoms with Crippen LogP contribution in [-0.2, 0) is 0 Å². The molecule has 0 radical (unpaired) electrons. The van der Waals surface area contributed by atoms with Gasteiger partial charge in [-0.05, 0) is 43.7 Å². The monoisotopic (exact) mass is 321 g/mol. The van der Waals surface area contributed by atoms with Crippen LogP contribution in [-0.4, -0.2) is 5.91 Å². The minimum atomic E-state index is -0.545. The van der Waals surface area contributed by atoms with Crippen LogP contribution in [0.2, 0.25) is 0 Å². The summed E-state index contributed by atoms with van der Waals surface area (Å²) in [5.74, 6) is -0.992. The van der Waals surface area contributed by atoms with E-state index in [4.69, 9.17) is 0 Å². The Morgan fingerprint density at radius 1 is 1.16 bits per heavy atom. The number of halogens is 2. The molecule has 0 aliphatic rings. The van der Waals surface area contributed by atoms with Gasteiger partial charge >= 0.3 is 0 Å². The number of rotatable bonds is 2. The van der Waals surface area contributed by atoms with Crippen molar-refractivity contribution < 1.29 is 9.18 Å². The van der Waals surface area contributed by atoms with Crippen LogP contribution in [0.4, 0.5) is 10.1 Å². The van der Waals surface area contributed by atoms with Gasteiger partial charge in [-0.3, -0.25) is 4.79 Å². The predicted octanol–water partition coefficient (Wildman–Crippen LogP) is 4.46. The minimum Gasteiger partial charge on any atom is -0.322 e. The van der Waals surface area contributed by atoms with Crippen molar-refractivity contribution in [3.05, 3.63) is 63.4 Å². The second kappa shape index (κ2) is 5.53. The van der Waals surface area contributed by atoms with Crippen molar-refractivity contribution in [2.75, 3.05) is 5.32 Å². The van der Waals surface area contributed by atoms with Gasteiger partial charge in [0.15, 0.2) is 0 Å². The molecular formula is C15H13BrFNO. The molecule has 0 unspecified atom stereocenters. The van der Waals surface area contributed by atoms with E-state index in [-0.39, 0.29) is 5.56 Å². The SMILES string of the molecule is Cc1ccc(NC(=O)c2ccc(Br)cc2F)c(C)c1. The highest BCUT2D eigenvalue weighted by atomic mass is 79.9. The van der Waals surface area contributed by atoms with E-state index in [9.17, 15) is 9.18 Å². The largest absolute Gasteiger partial charge is 0.322 e. The summed E-state index contributed by atoms with van der Waals surface area (Å²) in [7, 11) is 0. The number of amides is 1. The summed E-state index contributed by atoms with van der Waals surface area (Å²) in [6.45, 7) is 3.88. The first-order valence-electron chi connectivity index (χ1n) is 5.81. The summed E-state index contributed by atoms with van der Waals surface area (Å²) < 4.78 is 14.3. The number of anilines is 1. The Morgan fingerprint density at radius 2 is 1.89 bits per heavy atom. The molecule has 2 rings (SSSR count). The Kier molecular flexibility index (Phi) is 4.00. The number of carbonyl (C=O) groups excluding carboxylic acids is 1. The molecular weight excluding hydrogens is 309 g/mol. The van der Waals surface area contributed by atoms with Crippen LogP contribution in [0.15, 0.2) is 40.9 Å². The van der Waals surface area contributed by atoms with Gasteiger partial charge < -0.3 is 5.32 Å². The molecule has 1 N–H and O–H groups in total. The lowest BCUT2D eigenvalue weighted by Gasteiger charge is -2.09. The zero-order valence-corrected chi connectivity index (χ0v) is 12.2. The lowest BCUT2D eigenvalue weighted by atomic mass is 10.1. The van der Waals surface area contributed by atoms with E-state index in [1.54, 1.807) is 6.07 Å². The first-order chi connectivity index (χ1) is 8.97. The Hall–Kier alpha value is -1.68. The van der Waals surface area contributed by atoms with Gasteiger partial charge in [-0.2, -0.15) is 0 Å². The zero-order valence-electron chi connectivity index (χ0n) is 10.6. The molecule has 2 aromatic carbocycles. The van der Waals surface area contributed by atoms with Gasteiger partial charge in [0.05, 0.1) is 5.56 Å². The third-order valence-electron chi connectivity index (χ3n) is 2.81. The van der Waals surface area contributed by atoms with Crippen LogP contribution in [0.3, 0.4) is 0 Å². The molecule has 0 aromatic heterocycles. The number of hydrogen-bond donors (Lipinski definition) is 1. The van der Waals surface area contributed by atoms with E-state index >= 15 is 0 Å². The quantitative estimate of drug-likeness (QED) is 0.869. The smallest absolute Gasteiger partial charge is 0.258 e. The van der Waals surface area contributed by atoms with E-state index in [1.807, 2.05) is 32.0 Å². The van der Waals surface area contributed by atoms with Gasteiger partial charge in [-0.25, -0.2) is 4.39 Å². The van der Waals surface area contributed by atoms with Crippen molar-refractivity contribution in [2.45, 2.75) is 13.8 Å². The summed E-state index contributed by atoms with van der Waals surface area (Å²) >= 11 is 3.16. The average molecular weight is 322 g/mol. The van der Waals surface area contributed by atoms with E-state index in [1.165, 1.54) is 12.1 Å². The van der Waals surface area contributed by atoms with Gasteiger partial charge in [0.25, 0.3) is 5.91 Å². The van der Waals surface area contributed by atoms with Crippen LogP contribution < -0.4 is 5.32 Å². The van der Waals surface area contributed by atoms with Gasteiger partial charge in [-0.15, -0.1) is 0 Å². The molecule has 4 heteroatoms. The molecule has 98 valence electrons. The van der Waals surface area contributed by atoms with E-state index in [2.05, 4.69) is 21.2 Å². The van der Waals surface area contributed by atoms with Crippen molar-refractivity contribution in [3.63, 3.8) is 0 Å². The molecule has 0 fully saturated rings. The molecule has 1 amide bonds. The predicted molar refractivity (Wildman–Crippen MR) is 78.0 cm³/mol. The summed E-state index contributed by atoms with van der Waals surface area (Å²) in [5.41, 5.74) is 2.79. The Labute approximate surface area is 119 Å². The van der Waals surface area contributed by atoms with Crippen LogP contribution in [0, 0.1) is 19.7 Å². The van der Waals surface area contributed by atoms with Crippen LogP contribution in [0.1, 0.15) is 21.5 Å². The molecule has 2 aromatic rings. The Morgan fingerprint density at radius 3 is 2.53 bits per heavy atom. The van der Waals surface area contributed by atoms with E-state index < -0.39 is 11.7 Å². The maximum absolute atomic E-state index is 13.7. The molecule has 0 bridgehead atoms. The highest BCUT2D eigenvalue weighted by molar-refractivity contribution is 9.10. The molecule has 0 heterocycles. The van der Waals surface area contributed by atoms with Crippen molar-refractivity contribution in [2.24, 2.45) is 0 Å². The second-order valence-corrected chi connectivity index (χ2v) is 5.31. The maximum atomic E-state index is 13.7. The Bertz CT molecular complexity index is 640. The molecule has 0 aliphatic heterocycles. The Balaban J connectivity index is 2.25. The number of aryl methyl sites for hydroxylation is 2. The van der Waals surface area contributed by atoms with Gasteiger partial charge in [0.1, 0.15) is 5.82 Å². The maximum Gasteiger partial charge on any atom is 0.258 e. The lowest BCUT2D eigenvalue weighted by Crippen LogP contribution is -2.14. The van der Waals surface area contributed by atoms with Crippen LogP contribution >= 0.6 is 15.9 Å². The molecule has 19 heavy (non-hydrogen) atoms. The lowest BCUT2D eigenvalue weighted by molar-refractivity contribution is 0.102. The van der Waals surface area contributed by atoms with Gasteiger partial charge in [0, 0.05) is 10.2 Å². The number of nitrogens with one attached hydrogen (secondary N) is 1. The molecule has 0 saturated heterocycles. The molecule has 0 saturated carbocycles.